The number of ether oxygens (including phenoxy) is 2. The van der Waals surface area contributed by atoms with Gasteiger partial charge in [-0.3, -0.25) is 18.9 Å². The average molecular weight is 720 g/mol. The highest BCUT2D eigenvalue weighted by molar-refractivity contribution is 7.45. The number of allylic oxidation sites excluding steroid dienone is 1. The first-order chi connectivity index (χ1) is 23.4. The summed E-state index contributed by atoms with van der Waals surface area (Å²) in [4.78, 5) is 47.5. The molecule has 0 aliphatic heterocycles. The quantitative estimate of drug-likeness (QED) is 0.0176. The molecule has 0 amide bonds. The van der Waals surface area contributed by atoms with Crippen molar-refractivity contribution in [2.75, 3.05) is 47.5 Å². The van der Waals surface area contributed by atoms with E-state index < -0.39 is 38.6 Å². The van der Waals surface area contributed by atoms with E-state index in [4.69, 9.17) is 18.5 Å². The lowest BCUT2D eigenvalue weighted by atomic mass is 10.0. The standard InChI is InChI=1S/C37H70NO10P/c1-5-6-7-8-9-10-11-12-13-14-15-18-21-27-36(41)45-32-35(33-47-49(43,44)46-31-29-38(2,3)4)48-37(42)28-22-19-16-17-20-25-34(40)26-23-24-30-39/h23-24,30,34-35,40H,5-22,25-29,31-33H2,1-4H3/b24-23-. The number of aliphatic hydroxyl groups excluding tert-OH is 1. The Morgan fingerprint density at radius 2 is 1.27 bits per heavy atom. The van der Waals surface area contributed by atoms with Crippen LogP contribution >= 0.6 is 7.82 Å². The first kappa shape index (κ1) is 47.4. The van der Waals surface area contributed by atoms with Crippen molar-refractivity contribution in [1.29, 1.82) is 0 Å². The zero-order valence-electron chi connectivity index (χ0n) is 31.3. The number of rotatable bonds is 35. The van der Waals surface area contributed by atoms with Crippen LogP contribution < -0.4 is 4.89 Å². The molecule has 0 heterocycles. The van der Waals surface area contributed by atoms with E-state index in [2.05, 4.69) is 6.92 Å². The van der Waals surface area contributed by atoms with Gasteiger partial charge in [0.15, 0.2) is 6.10 Å². The van der Waals surface area contributed by atoms with Gasteiger partial charge in [0.25, 0.3) is 7.82 Å². The Balaban J connectivity index is 4.46. The number of quaternary nitrogens is 1. The van der Waals surface area contributed by atoms with Crippen molar-refractivity contribution in [3.05, 3.63) is 12.2 Å². The molecule has 0 bridgehead atoms. The second-order valence-corrected chi connectivity index (χ2v) is 15.5. The number of nitrogens with zero attached hydrogens (tertiary/aromatic N) is 1. The van der Waals surface area contributed by atoms with Crippen LogP contribution in [0.25, 0.3) is 0 Å². The summed E-state index contributed by atoms with van der Waals surface area (Å²) in [5.74, 6) is -0.941. The van der Waals surface area contributed by atoms with Crippen LogP contribution in [-0.4, -0.2) is 87.5 Å². The summed E-state index contributed by atoms with van der Waals surface area (Å²) in [7, 11) is 1.07. The van der Waals surface area contributed by atoms with Crippen LogP contribution in [0.15, 0.2) is 12.2 Å². The molecule has 1 N–H and O–H groups in total. The molecule has 0 fully saturated rings. The lowest BCUT2D eigenvalue weighted by Gasteiger charge is -2.28. The van der Waals surface area contributed by atoms with E-state index in [1.165, 1.54) is 63.9 Å². The maximum absolute atomic E-state index is 12.6. The van der Waals surface area contributed by atoms with Crippen molar-refractivity contribution in [1.82, 2.24) is 0 Å². The van der Waals surface area contributed by atoms with Crippen LogP contribution in [0, 0.1) is 0 Å². The number of hydrogen-bond acceptors (Lipinski definition) is 10. The van der Waals surface area contributed by atoms with Crippen LogP contribution in [0.3, 0.4) is 0 Å². The molecule has 288 valence electrons. The molecule has 3 unspecified atom stereocenters. The van der Waals surface area contributed by atoms with Gasteiger partial charge < -0.3 is 33.0 Å². The molecule has 0 aromatic heterocycles. The van der Waals surface area contributed by atoms with Gasteiger partial charge in [0.2, 0.25) is 0 Å². The van der Waals surface area contributed by atoms with Crippen molar-refractivity contribution in [3.8, 4) is 0 Å². The molecule has 0 saturated carbocycles. The highest BCUT2D eigenvalue weighted by Crippen LogP contribution is 2.38. The number of phosphoric ester groups is 1. The molecule has 0 saturated heterocycles. The Hall–Kier alpha value is -1.62. The smallest absolute Gasteiger partial charge is 0.306 e. The van der Waals surface area contributed by atoms with Gasteiger partial charge >= 0.3 is 11.9 Å². The molecule has 0 rings (SSSR count). The number of unbranched alkanes of at least 4 members (excludes halogenated alkanes) is 16. The molecule has 0 radical (unpaired) electrons. The van der Waals surface area contributed by atoms with Crippen LogP contribution in [0.5, 0.6) is 0 Å². The Labute approximate surface area is 297 Å². The van der Waals surface area contributed by atoms with Gasteiger partial charge in [-0.2, -0.15) is 0 Å². The summed E-state index contributed by atoms with van der Waals surface area (Å²) in [6, 6.07) is 0. The van der Waals surface area contributed by atoms with E-state index in [9.17, 15) is 28.9 Å². The fraction of sp³-hybridized carbons (Fsp3) is 0.865. The van der Waals surface area contributed by atoms with Crippen molar-refractivity contribution < 1.29 is 52.0 Å². The number of aldehydes is 1. The number of esters is 2. The number of likely N-dealkylation sites (N-methyl/N-ethyl adjacent to an activating group) is 1. The average Bonchev–Trinajstić information content (AvgIpc) is 3.03. The molecule has 3 atom stereocenters. The third kappa shape index (κ3) is 34.6. The Kier molecular flexibility index (Phi) is 30.1. The predicted molar refractivity (Wildman–Crippen MR) is 192 cm³/mol. The zero-order chi connectivity index (χ0) is 36.6. The largest absolute Gasteiger partial charge is 0.756 e. The second kappa shape index (κ2) is 31.1. The van der Waals surface area contributed by atoms with E-state index in [0.717, 1.165) is 44.9 Å². The number of carbonyl (C=O) groups is 3. The van der Waals surface area contributed by atoms with E-state index in [0.29, 0.717) is 43.0 Å². The molecule has 0 aromatic rings. The molecule has 11 nitrogen and oxygen atoms in total. The summed E-state index contributed by atoms with van der Waals surface area (Å²) < 4.78 is 33.6. The van der Waals surface area contributed by atoms with Crippen LogP contribution in [0.4, 0.5) is 0 Å². The molecular weight excluding hydrogens is 649 g/mol. The van der Waals surface area contributed by atoms with E-state index >= 15 is 0 Å². The fourth-order valence-corrected chi connectivity index (χ4v) is 5.86. The van der Waals surface area contributed by atoms with Crippen molar-refractivity contribution >= 4 is 26.0 Å². The molecule has 12 heteroatoms. The summed E-state index contributed by atoms with van der Waals surface area (Å²) in [6.07, 6.45) is 23.3. The predicted octanol–water partition coefficient (Wildman–Crippen LogP) is 7.37. The minimum Gasteiger partial charge on any atom is -0.756 e. The first-order valence-electron chi connectivity index (χ1n) is 18.9. The van der Waals surface area contributed by atoms with Crippen LogP contribution in [0.1, 0.15) is 148 Å². The fourth-order valence-electron chi connectivity index (χ4n) is 5.13. The van der Waals surface area contributed by atoms with Crippen molar-refractivity contribution in [3.63, 3.8) is 0 Å². The molecular formula is C37H70NO10P. The SMILES string of the molecule is CCCCCCCCCCCCCCCC(=O)OCC(COP(=O)([O-])OCC[N+](C)(C)C)OC(=O)CCCCCCCC(O)C/C=C\C=O. The Morgan fingerprint density at radius 1 is 0.755 bits per heavy atom. The summed E-state index contributed by atoms with van der Waals surface area (Å²) in [5, 5.41) is 9.89. The summed E-state index contributed by atoms with van der Waals surface area (Å²) in [5.41, 5.74) is 0. The van der Waals surface area contributed by atoms with Gasteiger partial charge in [-0.1, -0.05) is 116 Å². The minimum atomic E-state index is -4.65. The highest BCUT2D eigenvalue weighted by atomic mass is 31.2. The Morgan fingerprint density at radius 3 is 1.80 bits per heavy atom. The number of phosphoric acid groups is 1. The van der Waals surface area contributed by atoms with Gasteiger partial charge in [-0.25, -0.2) is 0 Å². The zero-order valence-corrected chi connectivity index (χ0v) is 32.2. The maximum Gasteiger partial charge on any atom is 0.306 e. The topological polar surface area (TPSA) is 148 Å². The van der Waals surface area contributed by atoms with E-state index in [1.807, 2.05) is 21.1 Å². The van der Waals surface area contributed by atoms with Gasteiger partial charge in [-0.05, 0) is 31.8 Å². The minimum absolute atomic E-state index is 0.0565. The monoisotopic (exact) mass is 719 g/mol. The summed E-state index contributed by atoms with van der Waals surface area (Å²) >= 11 is 0. The molecule has 0 aliphatic carbocycles. The van der Waals surface area contributed by atoms with Crippen LogP contribution in [-0.2, 0) is 37.5 Å². The van der Waals surface area contributed by atoms with Gasteiger partial charge in [-0.15, -0.1) is 0 Å². The molecule has 0 spiro atoms. The lowest BCUT2D eigenvalue weighted by Crippen LogP contribution is -2.37. The number of carbonyl (C=O) groups excluding carboxylic acids is 3. The van der Waals surface area contributed by atoms with Crippen molar-refractivity contribution in [2.24, 2.45) is 0 Å². The second-order valence-electron chi connectivity index (χ2n) is 14.1. The first-order valence-corrected chi connectivity index (χ1v) is 20.4. The van der Waals surface area contributed by atoms with Gasteiger partial charge in [0.05, 0.1) is 33.9 Å². The maximum atomic E-state index is 12.6. The number of hydrogen-bond donors (Lipinski definition) is 1. The normalized spacial score (nSPS) is 14.4. The van der Waals surface area contributed by atoms with Gasteiger partial charge in [0.1, 0.15) is 26.0 Å². The van der Waals surface area contributed by atoms with Crippen molar-refractivity contribution in [2.45, 2.75) is 160 Å². The number of aliphatic hydroxyl groups is 1. The molecule has 0 aromatic carbocycles. The third-order valence-electron chi connectivity index (χ3n) is 8.18. The van der Waals surface area contributed by atoms with Gasteiger partial charge in [0, 0.05) is 12.8 Å². The molecule has 49 heavy (non-hydrogen) atoms. The van der Waals surface area contributed by atoms with Crippen LogP contribution in [0.2, 0.25) is 0 Å². The Bertz CT molecular complexity index is 908. The van der Waals surface area contributed by atoms with E-state index in [1.54, 1.807) is 6.08 Å². The third-order valence-corrected chi connectivity index (χ3v) is 9.15. The lowest BCUT2D eigenvalue weighted by molar-refractivity contribution is -0.870. The molecule has 0 aliphatic rings. The summed E-state index contributed by atoms with van der Waals surface area (Å²) in [6.45, 7) is 1.82. The highest BCUT2D eigenvalue weighted by Gasteiger charge is 2.21. The van der Waals surface area contributed by atoms with E-state index in [-0.39, 0.29) is 26.1 Å².